The van der Waals surface area contributed by atoms with Crippen LogP contribution in [0.25, 0.3) is 11.1 Å². The van der Waals surface area contributed by atoms with Gasteiger partial charge in [0.15, 0.2) is 11.5 Å². The lowest BCUT2D eigenvalue weighted by atomic mass is 9.80. The molecule has 0 spiro atoms. The van der Waals surface area contributed by atoms with Crippen molar-refractivity contribution in [2.45, 2.75) is 63.7 Å². The fourth-order valence-corrected chi connectivity index (χ4v) is 7.59. The van der Waals surface area contributed by atoms with Gasteiger partial charge in [-0.1, -0.05) is 48.9 Å². The molecule has 5 nitrogen and oxygen atoms in total. The van der Waals surface area contributed by atoms with Gasteiger partial charge in [-0.15, -0.1) is 11.3 Å². The van der Waals surface area contributed by atoms with Gasteiger partial charge in [0.25, 0.3) is 0 Å². The van der Waals surface area contributed by atoms with Crippen LogP contribution in [0, 0.1) is 0 Å². The van der Waals surface area contributed by atoms with Gasteiger partial charge in [-0.2, -0.15) is 0 Å². The fourth-order valence-electron chi connectivity index (χ4n) is 6.88. The molecule has 2 fully saturated rings. The first kappa shape index (κ1) is 24.4. The van der Waals surface area contributed by atoms with E-state index in [1.165, 1.54) is 24.1 Å². The Morgan fingerprint density at radius 2 is 1.67 bits per heavy atom. The van der Waals surface area contributed by atoms with E-state index >= 15 is 0 Å². The average molecular weight is 536 g/mol. The molecule has 2 atom stereocenters. The third-order valence-corrected chi connectivity index (χ3v) is 9.36. The Balaban J connectivity index is 1.24. The normalized spacial score (nSPS) is 22.0. The van der Waals surface area contributed by atoms with Crippen LogP contribution in [0.3, 0.4) is 0 Å². The van der Waals surface area contributed by atoms with Crippen LogP contribution in [0.1, 0.15) is 43.9 Å². The number of carbonyl (C=O) groups is 1. The zero-order valence-electron chi connectivity index (χ0n) is 22.2. The second kappa shape index (κ2) is 10.2. The third-order valence-electron chi connectivity index (χ3n) is 8.50. The Kier molecular flexibility index (Phi) is 6.37. The number of anilines is 3. The Morgan fingerprint density at radius 1 is 0.897 bits per heavy atom. The molecule has 2 bridgehead atoms. The standard InChI is InChI=1S/C33H33N3O2S/c1-22(37)34-29-12-3-2-11-28(29)23-15-16-31-33(18-23)38-32-14-5-4-13-30(32)36(31)26-19-24-8-6-9-25(20-26)35(24)21-27-10-7-17-39-27/h2-5,7,10-18,24-26H,6,8-9,19-21H2,1H3,(H,34,37). The van der Waals surface area contributed by atoms with Crippen molar-refractivity contribution in [3.05, 3.63) is 89.1 Å². The quantitative estimate of drug-likeness (QED) is 0.280. The molecule has 1 amide bonds. The molecule has 3 aliphatic heterocycles. The number of fused-ring (bicyclic) bond motifs is 4. The number of para-hydroxylation sites is 3. The zero-order valence-corrected chi connectivity index (χ0v) is 23.0. The van der Waals surface area contributed by atoms with E-state index in [4.69, 9.17) is 4.74 Å². The van der Waals surface area contributed by atoms with Gasteiger partial charge in [-0.3, -0.25) is 9.69 Å². The number of nitrogens with zero attached hydrogens (tertiary/aromatic N) is 2. The minimum atomic E-state index is -0.0762. The number of piperidine rings is 2. The van der Waals surface area contributed by atoms with Crippen molar-refractivity contribution in [3.63, 3.8) is 0 Å². The lowest BCUT2D eigenvalue weighted by Gasteiger charge is -2.52. The molecule has 0 radical (unpaired) electrons. The number of nitrogens with one attached hydrogen (secondary N) is 1. The predicted molar refractivity (Wildman–Crippen MR) is 159 cm³/mol. The van der Waals surface area contributed by atoms with Crippen molar-refractivity contribution < 1.29 is 9.53 Å². The molecule has 4 aromatic rings. The summed E-state index contributed by atoms with van der Waals surface area (Å²) in [6.07, 6.45) is 6.19. The van der Waals surface area contributed by atoms with Crippen molar-refractivity contribution in [2.75, 3.05) is 10.2 Å². The number of hydrogen-bond acceptors (Lipinski definition) is 5. The van der Waals surface area contributed by atoms with Gasteiger partial charge < -0.3 is 15.0 Å². The van der Waals surface area contributed by atoms with Crippen LogP contribution in [0.15, 0.2) is 84.2 Å². The van der Waals surface area contributed by atoms with Crippen LogP contribution in [0.5, 0.6) is 11.5 Å². The van der Waals surface area contributed by atoms with Crippen LogP contribution in [0.4, 0.5) is 17.1 Å². The lowest BCUT2D eigenvalue weighted by Crippen LogP contribution is -2.56. The second-order valence-electron chi connectivity index (χ2n) is 11.0. The van der Waals surface area contributed by atoms with E-state index < -0.39 is 0 Å². The van der Waals surface area contributed by atoms with Crippen LogP contribution in [-0.2, 0) is 11.3 Å². The van der Waals surface area contributed by atoms with Crippen molar-refractivity contribution in [1.29, 1.82) is 0 Å². The molecule has 2 saturated heterocycles. The van der Waals surface area contributed by atoms with Gasteiger partial charge in [-0.25, -0.2) is 0 Å². The van der Waals surface area contributed by atoms with Gasteiger partial charge in [0, 0.05) is 47.7 Å². The summed E-state index contributed by atoms with van der Waals surface area (Å²) in [5.41, 5.74) is 5.11. The molecule has 4 heterocycles. The number of hydrogen-bond donors (Lipinski definition) is 1. The SMILES string of the molecule is CC(=O)Nc1ccccc1-c1ccc2c(c1)Oc1ccccc1N2C1CC2CCCC(C1)N2Cc1cccs1. The van der Waals surface area contributed by atoms with Crippen molar-refractivity contribution in [3.8, 4) is 22.6 Å². The first-order valence-corrected chi connectivity index (χ1v) is 14.9. The van der Waals surface area contributed by atoms with Crippen molar-refractivity contribution >= 4 is 34.3 Å². The molecule has 1 aromatic heterocycles. The van der Waals surface area contributed by atoms with Crippen LogP contribution < -0.4 is 15.0 Å². The van der Waals surface area contributed by atoms with E-state index in [2.05, 4.69) is 75.1 Å². The molecule has 0 aliphatic carbocycles. The van der Waals surface area contributed by atoms with E-state index in [0.717, 1.165) is 59.1 Å². The number of amides is 1. The van der Waals surface area contributed by atoms with Crippen molar-refractivity contribution in [1.82, 2.24) is 4.90 Å². The Morgan fingerprint density at radius 3 is 2.46 bits per heavy atom. The molecule has 1 N–H and O–H groups in total. The molecule has 198 valence electrons. The lowest BCUT2D eigenvalue weighted by molar-refractivity contribution is -0.114. The number of carbonyl (C=O) groups excluding carboxylic acids is 1. The molecule has 7 rings (SSSR count). The maximum Gasteiger partial charge on any atom is 0.221 e. The number of thiophene rings is 1. The maximum atomic E-state index is 11.8. The summed E-state index contributed by atoms with van der Waals surface area (Å²) in [6.45, 7) is 2.62. The highest BCUT2D eigenvalue weighted by Gasteiger charge is 2.42. The van der Waals surface area contributed by atoms with Gasteiger partial charge in [0.1, 0.15) is 0 Å². The fraction of sp³-hybridized carbons (Fsp3) is 0.303. The van der Waals surface area contributed by atoms with Gasteiger partial charge in [0.2, 0.25) is 5.91 Å². The maximum absolute atomic E-state index is 11.8. The summed E-state index contributed by atoms with van der Waals surface area (Å²) in [7, 11) is 0. The highest BCUT2D eigenvalue weighted by molar-refractivity contribution is 7.09. The largest absolute Gasteiger partial charge is 0.453 e. The van der Waals surface area contributed by atoms with E-state index in [1.807, 2.05) is 35.6 Å². The first-order chi connectivity index (χ1) is 19.1. The van der Waals surface area contributed by atoms with Gasteiger partial charge >= 0.3 is 0 Å². The highest BCUT2D eigenvalue weighted by atomic mass is 32.1. The molecular formula is C33H33N3O2S. The number of benzene rings is 3. The highest BCUT2D eigenvalue weighted by Crippen LogP contribution is 2.51. The molecule has 39 heavy (non-hydrogen) atoms. The van der Waals surface area contributed by atoms with E-state index in [0.29, 0.717) is 18.1 Å². The Labute approximate surface area is 234 Å². The van der Waals surface area contributed by atoms with Gasteiger partial charge in [0.05, 0.1) is 11.4 Å². The number of ether oxygens (including phenoxy) is 1. The summed E-state index contributed by atoms with van der Waals surface area (Å²) in [4.78, 5) is 18.7. The Bertz CT molecular complexity index is 1490. The third kappa shape index (κ3) is 4.62. The second-order valence-corrected chi connectivity index (χ2v) is 12.0. The van der Waals surface area contributed by atoms with Crippen LogP contribution >= 0.6 is 11.3 Å². The average Bonchev–Trinajstić information content (AvgIpc) is 3.45. The predicted octanol–water partition coefficient (Wildman–Crippen LogP) is 8.20. The summed E-state index contributed by atoms with van der Waals surface area (Å²) in [5, 5.41) is 5.17. The Hall–Kier alpha value is -3.61. The van der Waals surface area contributed by atoms with E-state index in [9.17, 15) is 4.79 Å². The molecule has 0 saturated carbocycles. The minimum absolute atomic E-state index is 0.0762. The molecular weight excluding hydrogens is 502 g/mol. The van der Waals surface area contributed by atoms with Gasteiger partial charge in [-0.05, 0) is 73.0 Å². The van der Waals surface area contributed by atoms with Crippen LogP contribution in [-0.4, -0.2) is 28.9 Å². The van der Waals surface area contributed by atoms with E-state index in [-0.39, 0.29) is 5.91 Å². The smallest absolute Gasteiger partial charge is 0.221 e. The van der Waals surface area contributed by atoms with Crippen molar-refractivity contribution in [2.24, 2.45) is 0 Å². The molecule has 3 aromatic carbocycles. The molecule has 3 aliphatic rings. The summed E-state index contributed by atoms with van der Waals surface area (Å²) < 4.78 is 6.53. The summed E-state index contributed by atoms with van der Waals surface area (Å²) in [6, 6.07) is 29.0. The summed E-state index contributed by atoms with van der Waals surface area (Å²) in [5.74, 6) is 1.70. The molecule has 6 heteroatoms. The van der Waals surface area contributed by atoms with Crippen LogP contribution in [0.2, 0.25) is 0 Å². The number of rotatable bonds is 5. The monoisotopic (exact) mass is 535 g/mol. The first-order valence-electron chi connectivity index (χ1n) is 14.0. The van der Waals surface area contributed by atoms with E-state index in [1.54, 1.807) is 6.92 Å². The molecule has 2 unspecified atom stereocenters. The summed E-state index contributed by atoms with van der Waals surface area (Å²) >= 11 is 1.88. The minimum Gasteiger partial charge on any atom is -0.453 e. The zero-order chi connectivity index (χ0) is 26.3. The topological polar surface area (TPSA) is 44.8 Å².